The van der Waals surface area contributed by atoms with Crippen LogP contribution >= 0.6 is 0 Å². The summed E-state index contributed by atoms with van der Waals surface area (Å²) in [7, 11) is 0. The number of benzene rings is 7. The van der Waals surface area contributed by atoms with Crippen LogP contribution in [-0.4, -0.2) is 11.4 Å². The molecule has 2 heteroatoms. The standard InChI is InChI=1S/C44H32N2/c1-3-4-22-41(45)29(2)23-26-42(46)32-24-25-38-40(28-32)44(37-21-13-12-20-36(37)43(38)30-14-6-5-7-15-30)39-27-31-16-8-9-17-33(31)34-18-10-11-19-35(34)39/h3-28,45-46H,1-2H2/b22-4-,26-23-,45-41?,46-42?. The number of nitrogens with one attached hydrogen (secondary N) is 2. The van der Waals surface area contributed by atoms with Gasteiger partial charge in [0, 0.05) is 5.56 Å². The second-order valence-corrected chi connectivity index (χ2v) is 11.4. The van der Waals surface area contributed by atoms with E-state index in [0.717, 1.165) is 27.5 Å². The highest BCUT2D eigenvalue weighted by molar-refractivity contribution is 6.26. The second-order valence-electron chi connectivity index (χ2n) is 11.4. The van der Waals surface area contributed by atoms with Gasteiger partial charge in [-0.2, -0.15) is 0 Å². The monoisotopic (exact) mass is 588 g/mol. The van der Waals surface area contributed by atoms with E-state index in [2.05, 4.69) is 134 Å². The van der Waals surface area contributed by atoms with Gasteiger partial charge in [0.2, 0.25) is 0 Å². The molecule has 218 valence electrons. The largest absolute Gasteiger partial charge is 0.300 e. The van der Waals surface area contributed by atoms with E-state index in [9.17, 15) is 0 Å². The van der Waals surface area contributed by atoms with Crippen molar-refractivity contribution in [3.63, 3.8) is 0 Å². The van der Waals surface area contributed by atoms with Gasteiger partial charge >= 0.3 is 0 Å². The quantitative estimate of drug-likeness (QED) is 0.0768. The molecule has 0 unspecified atom stereocenters. The summed E-state index contributed by atoms with van der Waals surface area (Å²) in [5, 5.41) is 26.7. The van der Waals surface area contributed by atoms with Crippen molar-refractivity contribution >= 4 is 54.5 Å². The van der Waals surface area contributed by atoms with Crippen LogP contribution in [0.3, 0.4) is 0 Å². The molecule has 2 N–H and O–H groups in total. The lowest BCUT2D eigenvalue weighted by molar-refractivity contribution is 1.49. The van der Waals surface area contributed by atoms with Gasteiger partial charge < -0.3 is 10.8 Å². The van der Waals surface area contributed by atoms with E-state index in [4.69, 9.17) is 10.8 Å². The van der Waals surface area contributed by atoms with E-state index in [0.29, 0.717) is 11.3 Å². The summed E-state index contributed by atoms with van der Waals surface area (Å²) in [6.45, 7) is 7.69. The normalized spacial score (nSPS) is 11.7. The first-order valence-electron chi connectivity index (χ1n) is 15.3. The van der Waals surface area contributed by atoms with Crippen molar-refractivity contribution in [2.45, 2.75) is 0 Å². The fourth-order valence-corrected chi connectivity index (χ4v) is 6.45. The summed E-state index contributed by atoms with van der Waals surface area (Å²) in [4.78, 5) is 0. The molecule has 2 nitrogen and oxygen atoms in total. The number of allylic oxidation sites excluding steroid dienone is 6. The minimum Gasteiger partial charge on any atom is -0.300 e. The first kappa shape index (κ1) is 28.6. The third-order valence-corrected chi connectivity index (χ3v) is 8.63. The SMILES string of the molecule is C=C/C=C\C(=N)C(=C)/C=C\C(=N)c1ccc2c(-c3ccccc3)c3ccccc3c(-c3cc4ccccc4c4ccccc34)c2c1. The molecule has 7 aromatic carbocycles. The lowest BCUT2D eigenvalue weighted by atomic mass is 9.83. The number of fused-ring (bicyclic) bond motifs is 5. The third-order valence-electron chi connectivity index (χ3n) is 8.63. The highest BCUT2D eigenvalue weighted by Gasteiger charge is 2.19. The van der Waals surface area contributed by atoms with E-state index in [1.54, 1.807) is 30.4 Å². The number of hydrogen-bond donors (Lipinski definition) is 2. The van der Waals surface area contributed by atoms with Gasteiger partial charge in [0.25, 0.3) is 0 Å². The van der Waals surface area contributed by atoms with Crippen LogP contribution in [0.1, 0.15) is 5.56 Å². The van der Waals surface area contributed by atoms with Crippen LogP contribution in [0.2, 0.25) is 0 Å². The Bertz CT molecular complexity index is 2420. The molecule has 0 heterocycles. The van der Waals surface area contributed by atoms with Gasteiger partial charge in [0.1, 0.15) is 0 Å². The Morgan fingerprint density at radius 2 is 1.13 bits per heavy atom. The minimum atomic E-state index is 0.284. The summed E-state index contributed by atoms with van der Waals surface area (Å²) >= 11 is 0. The lowest BCUT2D eigenvalue weighted by Gasteiger charge is -2.20. The van der Waals surface area contributed by atoms with Gasteiger partial charge in [-0.1, -0.05) is 147 Å². The molecule has 0 aliphatic heterocycles. The summed E-state index contributed by atoms with van der Waals surface area (Å²) in [6.07, 6.45) is 8.45. The lowest BCUT2D eigenvalue weighted by Crippen LogP contribution is -1.99. The molecule has 0 aromatic heterocycles. The van der Waals surface area contributed by atoms with Crippen LogP contribution in [0.15, 0.2) is 177 Å². The molecular formula is C44H32N2. The average Bonchev–Trinajstić information content (AvgIpc) is 3.11. The molecule has 0 aliphatic rings. The van der Waals surface area contributed by atoms with Crippen LogP contribution in [-0.2, 0) is 0 Å². The maximum atomic E-state index is 9.04. The zero-order valence-electron chi connectivity index (χ0n) is 25.4. The van der Waals surface area contributed by atoms with E-state index < -0.39 is 0 Å². The topological polar surface area (TPSA) is 47.7 Å². The highest BCUT2D eigenvalue weighted by Crippen LogP contribution is 2.46. The minimum absolute atomic E-state index is 0.284. The highest BCUT2D eigenvalue weighted by atomic mass is 14.4. The van der Waals surface area contributed by atoms with Gasteiger partial charge in [0.15, 0.2) is 0 Å². The van der Waals surface area contributed by atoms with Crippen molar-refractivity contribution in [2.75, 3.05) is 0 Å². The molecule has 0 atom stereocenters. The van der Waals surface area contributed by atoms with Crippen molar-refractivity contribution in [1.29, 1.82) is 10.8 Å². The zero-order valence-corrected chi connectivity index (χ0v) is 25.4. The van der Waals surface area contributed by atoms with Gasteiger partial charge in [-0.25, -0.2) is 0 Å². The molecule has 0 saturated carbocycles. The predicted octanol–water partition coefficient (Wildman–Crippen LogP) is 11.9. The Kier molecular flexibility index (Phi) is 7.54. The van der Waals surface area contributed by atoms with E-state index in [1.807, 2.05) is 6.07 Å². The van der Waals surface area contributed by atoms with Crippen LogP contribution in [0.5, 0.6) is 0 Å². The molecule has 7 aromatic rings. The average molecular weight is 589 g/mol. The molecule has 0 fully saturated rings. The summed E-state index contributed by atoms with van der Waals surface area (Å²) < 4.78 is 0. The molecule has 0 bridgehead atoms. The van der Waals surface area contributed by atoms with Gasteiger partial charge in [-0.15, -0.1) is 0 Å². The molecule has 46 heavy (non-hydrogen) atoms. The predicted molar refractivity (Wildman–Crippen MR) is 200 cm³/mol. The molecule has 7 rings (SSSR count). The second kappa shape index (κ2) is 12.1. The molecule has 0 saturated heterocycles. The first-order valence-corrected chi connectivity index (χ1v) is 15.3. The Morgan fingerprint density at radius 3 is 1.87 bits per heavy atom. The summed E-state index contributed by atoms with van der Waals surface area (Å²) in [5.74, 6) is 0. The molecular weight excluding hydrogens is 556 g/mol. The molecule has 0 radical (unpaired) electrons. The van der Waals surface area contributed by atoms with Crippen molar-refractivity contribution in [2.24, 2.45) is 0 Å². The first-order chi connectivity index (χ1) is 22.5. The summed E-state index contributed by atoms with van der Waals surface area (Å²) in [6, 6.07) is 45.2. The maximum absolute atomic E-state index is 9.04. The van der Waals surface area contributed by atoms with Crippen molar-refractivity contribution in [3.8, 4) is 22.3 Å². The Labute approximate surface area is 269 Å². The van der Waals surface area contributed by atoms with Crippen LogP contribution in [0.25, 0.3) is 65.3 Å². The van der Waals surface area contributed by atoms with Gasteiger partial charge in [-0.05, 0) is 95.2 Å². The van der Waals surface area contributed by atoms with Gasteiger partial charge in [-0.3, -0.25) is 0 Å². The number of rotatable bonds is 8. The van der Waals surface area contributed by atoms with Gasteiger partial charge in [0.05, 0.1) is 11.4 Å². The van der Waals surface area contributed by atoms with E-state index in [1.165, 1.54) is 43.4 Å². The Morgan fingerprint density at radius 1 is 0.522 bits per heavy atom. The molecule has 0 aliphatic carbocycles. The van der Waals surface area contributed by atoms with Crippen molar-refractivity contribution in [1.82, 2.24) is 0 Å². The Balaban J connectivity index is 1.54. The summed E-state index contributed by atoms with van der Waals surface area (Å²) in [5.41, 5.74) is 6.64. The Hall–Kier alpha value is -6.12. The zero-order chi connectivity index (χ0) is 31.6. The fraction of sp³-hybridized carbons (Fsp3) is 0. The molecule has 0 spiro atoms. The van der Waals surface area contributed by atoms with E-state index in [-0.39, 0.29) is 5.71 Å². The third kappa shape index (κ3) is 5.06. The van der Waals surface area contributed by atoms with Crippen molar-refractivity contribution < 1.29 is 0 Å². The maximum Gasteiger partial charge on any atom is 0.0612 e. The van der Waals surface area contributed by atoms with Crippen LogP contribution < -0.4 is 0 Å². The van der Waals surface area contributed by atoms with Crippen LogP contribution in [0.4, 0.5) is 0 Å². The molecule has 0 amide bonds. The van der Waals surface area contributed by atoms with E-state index >= 15 is 0 Å². The van der Waals surface area contributed by atoms with Crippen molar-refractivity contribution in [3.05, 3.63) is 182 Å². The smallest absolute Gasteiger partial charge is 0.0612 e. The van der Waals surface area contributed by atoms with Crippen LogP contribution in [0, 0.1) is 10.8 Å². The number of hydrogen-bond acceptors (Lipinski definition) is 2. The fourth-order valence-electron chi connectivity index (χ4n) is 6.45.